The number of anilines is 1. The van der Waals surface area contributed by atoms with E-state index in [1.54, 1.807) is 35.3 Å². The Kier molecular flexibility index (Phi) is 5.75. The number of hydrogen-bond acceptors (Lipinski definition) is 3. The topological polar surface area (TPSA) is 64.7 Å². The maximum absolute atomic E-state index is 13.4. The molecule has 0 aliphatic rings. The largest absolute Gasteiger partial charge is 0.416 e. The molecule has 6 nitrogen and oxygen atoms in total. The summed E-state index contributed by atoms with van der Waals surface area (Å²) < 4.78 is 43.5. The van der Waals surface area contributed by atoms with Crippen LogP contribution in [0.15, 0.2) is 67.6 Å². The molecule has 2 heterocycles. The van der Waals surface area contributed by atoms with E-state index in [1.165, 1.54) is 29.4 Å². The summed E-state index contributed by atoms with van der Waals surface area (Å²) in [7, 11) is 1.82. The van der Waals surface area contributed by atoms with Crippen LogP contribution in [0, 0.1) is 18.8 Å². The number of nitrogens with zero attached hydrogens (tertiary/aromatic N) is 4. The molecule has 0 spiro atoms. The summed E-state index contributed by atoms with van der Waals surface area (Å²) in [4.78, 5) is 20.7. The monoisotopic (exact) mass is 449 g/mol. The van der Waals surface area contributed by atoms with Gasteiger partial charge in [0.2, 0.25) is 0 Å². The molecule has 0 fully saturated rings. The van der Waals surface area contributed by atoms with Crippen LogP contribution in [-0.4, -0.2) is 25.0 Å². The van der Waals surface area contributed by atoms with Gasteiger partial charge in [0.1, 0.15) is 5.69 Å². The van der Waals surface area contributed by atoms with Gasteiger partial charge >= 0.3 is 6.18 Å². The number of alkyl halides is 3. The Morgan fingerprint density at radius 2 is 1.88 bits per heavy atom. The van der Waals surface area contributed by atoms with Gasteiger partial charge in [0.15, 0.2) is 0 Å². The Balaban J connectivity index is 1.64. The summed E-state index contributed by atoms with van der Waals surface area (Å²) in [5.41, 5.74) is 1.84. The van der Waals surface area contributed by atoms with Crippen molar-refractivity contribution < 1.29 is 18.0 Å². The lowest BCUT2D eigenvalue weighted by atomic mass is 10.0. The van der Waals surface area contributed by atoms with Gasteiger partial charge in [0.25, 0.3) is 5.91 Å². The number of carbonyl (C=O) groups excluding carboxylic acids is 1. The Morgan fingerprint density at radius 3 is 2.55 bits per heavy atom. The molecule has 4 aromatic rings. The second kappa shape index (κ2) is 8.67. The standard InChI is InChI=1S/C24H18F3N5O/c1-16-3-4-18(9-17(16)5-6-21-13-29-14-31(21)2)23(33)30-20-10-19(24(25,26)27)11-22(12-20)32-8-7-28-15-32/h3-4,7-15H,1-2H3,(H,30,33). The van der Waals surface area contributed by atoms with Crippen molar-refractivity contribution in [2.45, 2.75) is 13.1 Å². The van der Waals surface area contributed by atoms with E-state index < -0.39 is 17.6 Å². The highest BCUT2D eigenvalue weighted by atomic mass is 19.4. The van der Waals surface area contributed by atoms with Crippen molar-refractivity contribution in [3.8, 4) is 17.5 Å². The molecule has 0 saturated heterocycles. The minimum absolute atomic E-state index is 0.0154. The third-order valence-corrected chi connectivity index (χ3v) is 4.95. The summed E-state index contributed by atoms with van der Waals surface area (Å²) in [5, 5.41) is 2.56. The molecule has 0 aliphatic heterocycles. The first-order valence-corrected chi connectivity index (χ1v) is 9.81. The molecule has 0 unspecified atom stereocenters. The van der Waals surface area contributed by atoms with Crippen LogP contribution >= 0.6 is 0 Å². The maximum atomic E-state index is 13.4. The number of rotatable bonds is 3. The first kappa shape index (κ1) is 21.9. The second-order valence-corrected chi connectivity index (χ2v) is 7.36. The highest BCUT2D eigenvalue weighted by Gasteiger charge is 2.31. The third-order valence-electron chi connectivity index (χ3n) is 4.95. The number of carbonyl (C=O) groups is 1. The molecule has 33 heavy (non-hydrogen) atoms. The molecule has 2 aromatic heterocycles. The van der Waals surface area contributed by atoms with E-state index in [-0.39, 0.29) is 16.9 Å². The zero-order valence-electron chi connectivity index (χ0n) is 17.7. The van der Waals surface area contributed by atoms with Crippen LogP contribution in [0.1, 0.15) is 32.7 Å². The van der Waals surface area contributed by atoms with Gasteiger partial charge < -0.3 is 14.5 Å². The molecule has 9 heteroatoms. The van der Waals surface area contributed by atoms with Crippen LogP contribution in [-0.2, 0) is 13.2 Å². The van der Waals surface area contributed by atoms with Crippen molar-refractivity contribution in [1.82, 2.24) is 19.1 Å². The molecule has 0 aliphatic carbocycles. The Labute approximate surface area is 187 Å². The first-order valence-electron chi connectivity index (χ1n) is 9.81. The number of aromatic nitrogens is 4. The molecule has 0 radical (unpaired) electrons. The van der Waals surface area contributed by atoms with Gasteiger partial charge in [-0.05, 0) is 48.7 Å². The average molecular weight is 449 g/mol. The van der Waals surface area contributed by atoms with Crippen LogP contribution in [0.5, 0.6) is 0 Å². The molecular formula is C24H18F3N5O. The lowest BCUT2D eigenvalue weighted by molar-refractivity contribution is -0.137. The zero-order valence-corrected chi connectivity index (χ0v) is 17.7. The summed E-state index contributed by atoms with van der Waals surface area (Å²) in [6.45, 7) is 1.86. The first-order chi connectivity index (χ1) is 15.7. The van der Waals surface area contributed by atoms with Gasteiger partial charge in [-0.25, -0.2) is 9.97 Å². The van der Waals surface area contributed by atoms with Crippen LogP contribution in [0.2, 0.25) is 0 Å². The number of hydrogen-bond donors (Lipinski definition) is 1. The van der Waals surface area contributed by atoms with Gasteiger partial charge in [0.05, 0.1) is 24.4 Å². The van der Waals surface area contributed by atoms with Crippen molar-refractivity contribution in [2.24, 2.45) is 7.05 Å². The SMILES string of the molecule is Cc1ccc(C(=O)Nc2cc(-n3ccnc3)cc(C(F)(F)F)c2)cc1C#Cc1cncn1C. The summed E-state index contributed by atoms with van der Waals surface area (Å²) in [6.07, 6.45) is 3.05. The quantitative estimate of drug-likeness (QED) is 0.466. The fourth-order valence-electron chi connectivity index (χ4n) is 3.12. The fraction of sp³-hybridized carbons (Fsp3) is 0.125. The van der Waals surface area contributed by atoms with E-state index in [0.29, 0.717) is 11.3 Å². The second-order valence-electron chi connectivity index (χ2n) is 7.36. The summed E-state index contributed by atoms with van der Waals surface area (Å²) in [5.74, 6) is 5.47. The average Bonchev–Trinajstić information content (AvgIpc) is 3.44. The normalized spacial score (nSPS) is 11.1. The molecule has 166 valence electrons. The number of benzene rings is 2. The molecule has 0 atom stereocenters. The lowest BCUT2D eigenvalue weighted by Gasteiger charge is -2.14. The molecule has 0 bridgehead atoms. The van der Waals surface area contributed by atoms with Crippen molar-refractivity contribution in [3.05, 3.63) is 95.6 Å². The van der Waals surface area contributed by atoms with Gasteiger partial charge in [0, 0.05) is 41.9 Å². The van der Waals surface area contributed by atoms with E-state index in [0.717, 1.165) is 17.7 Å². The van der Waals surface area contributed by atoms with E-state index in [2.05, 4.69) is 27.1 Å². The highest BCUT2D eigenvalue weighted by molar-refractivity contribution is 6.04. The third kappa shape index (κ3) is 4.96. The molecule has 0 saturated carbocycles. The minimum atomic E-state index is -4.57. The smallest absolute Gasteiger partial charge is 0.327 e. The number of halogens is 3. The minimum Gasteiger partial charge on any atom is -0.327 e. The van der Waals surface area contributed by atoms with Crippen LogP contribution < -0.4 is 5.32 Å². The van der Waals surface area contributed by atoms with E-state index >= 15 is 0 Å². The number of amides is 1. The molecular weight excluding hydrogens is 431 g/mol. The van der Waals surface area contributed by atoms with Gasteiger partial charge in [-0.3, -0.25) is 4.79 Å². The van der Waals surface area contributed by atoms with Crippen molar-refractivity contribution in [2.75, 3.05) is 5.32 Å². The van der Waals surface area contributed by atoms with Crippen LogP contribution in [0.25, 0.3) is 5.69 Å². The van der Waals surface area contributed by atoms with Gasteiger partial charge in [-0.2, -0.15) is 13.2 Å². The van der Waals surface area contributed by atoms with Crippen LogP contribution in [0.4, 0.5) is 18.9 Å². The number of aryl methyl sites for hydroxylation is 2. The Morgan fingerprint density at radius 1 is 1.06 bits per heavy atom. The zero-order chi connectivity index (χ0) is 23.6. The Bertz CT molecular complexity index is 1380. The highest BCUT2D eigenvalue weighted by Crippen LogP contribution is 2.33. The van der Waals surface area contributed by atoms with E-state index in [4.69, 9.17) is 0 Å². The molecule has 2 aromatic carbocycles. The van der Waals surface area contributed by atoms with Crippen LogP contribution in [0.3, 0.4) is 0 Å². The molecule has 1 amide bonds. The number of imidazole rings is 2. The van der Waals surface area contributed by atoms with Gasteiger partial charge in [-0.15, -0.1) is 0 Å². The van der Waals surface area contributed by atoms with Gasteiger partial charge in [-0.1, -0.05) is 12.0 Å². The van der Waals surface area contributed by atoms with E-state index in [9.17, 15) is 18.0 Å². The predicted octanol–water partition coefficient (Wildman–Crippen LogP) is 4.59. The molecule has 4 rings (SSSR count). The number of nitrogens with one attached hydrogen (secondary N) is 1. The predicted molar refractivity (Wildman–Crippen MR) is 117 cm³/mol. The van der Waals surface area contributed by atoms with Crippen molar-refractivity contribution >= 4 is 11.6 Å². The molecule has 1 N–H and O–H groups in total. The van der Waals surface area contributed by atoms with E-state index in [1.807, 2.05) is 14.0 Å². The van der Waals surface area contributed by atoms with Crippen molar-refractivity contribution in [1.29, 1.82) is 0 Å². The fourth-order valence-corrected chi connectivity index (χ4v) is 3.12. The lowest BCUT2D eigenvalue weighted by Crippen LogP contribution is -2.14. The summed E-state index contributed by atoms with van der Waals surface area (Å²) >= 11 is 0. The Hall–Kier alpha value is -4.32. The maximum Gasteiger partial charge on any atom is 0.416 e. The van der Waals surface area contributed by atoms with Crippen molar-refractivity contribution in [3.63, 3.8) is 0 Å². The summed E-state index contributed by atoms with van der Waals surface area (Å²) in [6, 6.07) is 8.30.